The number of anilines is 1. The Labute approximate surface area is 119 Å². The molecule has 1 aromatic rings. The van der Waals surface area contributed by atoms with E-state index < -0.39 is 17.7 Å². The van der Waals surface area contributed by atoms with Crippen LogP contribution in [0.2, 0.25) is 0 Å². The van der Waals surface area contributed by atoms with E-state index in [0.717, 1.165) is 10.5 Å². The van der Waals surface area contributed by atoms with Crippen LogP contribution in [0.1, 0.15) is 33.3 Å². The second-order valence-electron chi connectivity index (χ2n) is 5.80. The molecule has 2 amide bonds. The van der Waals surface area contributed by atoms with Gasteiger partial charge in [0.2, 0.25) is 5.91 Å². The normalized spacial score (nSPS) is 12.7. The smallest absolute Gasteiger partial charge is 0.408 e. The lowest BCUT2D eigenvalue weighted by molar-refractivity contribution is -0.121. The molecular formula is C15H22N2O3. The molecule has 1 aromatic carbocycles. The number of hydrogen-bond acceptors (Lipinski definition) is 2. The number of carbonyl (C=O) groups is 2. The van der Waals surface area contributed by atoms with Crippen LogP contribution >= 0.6 is 0 Å². The molecule has 1 unspecified atom stereocenters. The fraction of sp³-hybridized carbons (Fsp3) is 0.467. The van der Waals surface area contributed by atoms with Crippen LogP contribution in [0.25, 0.3) is 0 Å². The summed E-state index contributed by atoms with van der Waals surface area (Å²) in [5.74, 6) is -0.336. The minimum absolute atomic E-state index is 0.336. The summed E-state index contributed by atoms with van der Waals surface area (Å²) in [6.45, 7) is 8.77. The lowest BCUT2D eigenvalue weighted by Crippen LogP contribution is -2.54. The Hall–Kier alpha value is -2.04. The van der Waals surface area contributed by atoms with E-state index in [1.165, 1.54) is 0 Å². The number of nitrogens with one attached hydrogen (secondary N) is 1. The summed E-state index contributed by atoms with van der Waals surface area (Å²) >= 11 is 0. The first-order chi connectivity index (χ1) is 9.14. The monoisotopic (exact) mass is 278 g/mol. The Balaban J connectivity index is 2.91. The summed E-state index contributed by atoms with van der Waals surface area (Å²) in [6, 6.07) is 6.62. The highest BCUT2D eigenvalue weighted by Crippen LogP contribution is 2.19. The van der Waals surface area contributed by atoms with Gasteiger partial charge in [-0.05, 0) is 46.2 Å². The maximum atomic E-state index is 12.2. The molecule has 1 atom stereocenters. The fourth-order valence-corrected chi connectivity index (χ4v) is 2.10. The van der Waals surface area contributed by atoms with E-state index in [4.69, 9.17) is 0 Å². The van der Waals surface area contributed by atoms with Crippen LogP contribution in [0, 0.1) is 6.92 Å². The van der Waals surface area contributed by atoms with Crippen molar-refractivity contribution in [3.63, 3.8) is 0 Å². The molecule has 0 aliphatic carbocycles. The number of benzene rings is 1. The van der Waals surface area contributed by atoms with Gasteiger partial charge in [0, 0.05) is 11.2 Å². The van der Waals surface area contributed by atoms with Crippen molar-refractivity contribution in [1.82, 2.24) is 4.90 Å². The predicted molar refractivity (Wildman–Crippen MR) is 78.9 cm³/mol. The van der Waals surface area contributed by atoms with Gasteiger partial charge in [-0.15, -0.1) is 0 Å². The molecule has 0 saturated carbocycles. The maximum Gasteiger partial charge on any atom is 0.408 e. The molecule has 0 fully saturated rings. The van der Waals surface area contributed by atoms with E-state index in [9.17, 15) is 14.7 Å². The van der Waals surface area contributed by atoms with Crippen molar-refractivity contribution in [3.05, 3.63) is 29.8 Å². The molecule has 2 N–H and O–H groups in total. The summed E-state index contributed by atoms with van der Waals surface area (Å²) in [7, 11) is 0. The average molecular weight is 278 g/mol. The summed E-state index contributed by atoms with van der Waals surface area (Å²) in [6.07, 6.45) is -1.11. The van der Waals surface area contributed by atoms with Crippen molar-refractivity contribution < 1.29 is 14.7 Å². The number of nitrogens with zero attached hydrogens (tertiary/aromatic N) is 1. The second kappa shape index (κ2) is 5.94. The topological polar surface area (TPSA) is 69.6 Å². The van der Waals surface area contributed by atoms with E-state index in [-0.39, 0.29) is 5.91 Å². The Morgan fingerprint density at radius 3 is 2.25 bits per heavy atom. The molecular weight excluding hydrogens is 256 g/mol. The van der Waals surface area contributed by atoms with Crippen molar-refractivity contribution >= 4 is 17.7 Å². The first kappa shape index (κ1) is 16.0. The molecule has 1 rings (SSSR count). The Kier molecular flexibility index (Phi) is 4.76. The molecule has 110 valence electrons. The van der Waals surface area contributed by atoms with Crippen LogP contribution in [0.3, 0.4) is 0 Å². The molecule has 0 bridgehead atoms. The molecule has 0 radical (unpaired) electrons. The van der Waals surface area contributed by atoms with E-state index in [2.05, 4.69) is 5.32 Å². The molecule has 0 spiro atoms. The average Bonchev–Trinajstić information content (AvgIpc) is 2.29. The van der Waals surface area contributed by atoms with Gasteiger partial charge in [-0.1, -0.05) is 18.2 Å². The molecule has 5 nitrogen and oxygen atoms in total. The van der Waals surface area contributed by atoms with Gasteiger partial charge in [0.25, 0.3) is 0 Å². The number of aryl methyl sites for hydroxylation is 1. The summed E-state index contributed by atoms with van der Waals surface area (Å²) in [4.78, 5) is 24.8. The van der Waals surface area contributed by atoms with E-state index in [1.807, 2.05) is 25.1 Å². The number of carboxylic acid groups (broad SMARTS) is 1. The van der Waals surface area contributed by atoms with E-state index in [1.54, 1.807) is 33.8 Å². The minimum atomic E-state index is -1.11. The number of amides is 2. The number of rotatable bonds is 3. The molecule has 0 heterocycles. The van der Waals surface area contributed by atoms with E-state index >= 15 is 0 Å². The van der Waals surface area contributed by atoms with Crippen LogP contribution < -0.4 is 5.32 Å². The first-order valence-electron chi connectivity index (χ1n) is 6.53. The Bertz CT molecular complexity index is 506. The largest absolute Gasteiger partial charge is 0.465 e. The lowest BCUT2D eigenvalue weighted by atomic mass is 10.0. The van der Waals surface area contributed by atoms with Gasteiger partial charge >= 0.3 is 6.09 Å². The highest BCUT2D eigenvalue weighted by atomic mass is 16.4. The zero-order valence-electron chi connectivity index (χ0n) is 12.6. The summed E-state index contributed by atoms with van der Waals surface area (Å²) in [5, 5.41) is 12.1. The van der Waals surface area contributed by atoms with Crippen LogP contribution in [-0.2, 0) is 4.79 Å². The highest BCUT2D eigenvalue weighted by Gasteiger charge is 2.34. The molecule has 5 heteroatoms. The van der Waals surface area contributed by atoms with Crippen LogP contribution in [0.5, 0.6) is 0 Å². The maximum absolute atomic E-state index is 12.2. The van der Waals surface area contributed by atoms with Crippen molar-refractivity contribution in [2.75, 3.05) is 5.32 Å². The van der Waals surface area contributed by atoms with Gasteiger partial charge in [-0.25, -0.2) is 4.79 Å². The van der Waals surface area contributed by atoms with Crippen molar-refractivity contribution in [2.45, 2.75) is 46.2 Å². The van der Waals surface area contributed by atoms with Crippen molar-refractivity contribution in [3.8, 4) is 0 Å². The molecule has 0 aliphatic rings. The molecule has 0 aromatic heterocycles. The van der Waals surface area contributed by atoms with Crippen LogP contribution in [-0.4, -0.2) is 33.6 Å². The van der Waals surface area contributed by atoms with Gasteiger partial charge in [-0.2, -0.15) is 0 Å². The van der Waals surface area contributed by atoms with Crippen molar-refractivity contribution in [2.24, 2.45) is 0 Å². The summed E-state index contributed by atoms with van der Waals surface area (Å²) < 4.78 is 0. The van der Waals surface area contributed by atoms with Crippen molar-refractivity contribution in [1.29, 1.82) is 0 Å². The SMILES string of the molecule is Cc1ccccc1NC(=O)C(C)N(C(=O)O)C(C)(C)C. The zero-order valence-corrected chi connectivity index (χ0v) is 12.6. The molecule has 20 heavy (non-hydrogen) atoms. The third-order valence-corrected chi connectivity index (χ3v) is 3.10. The molecule has 0 saturated heterocycles. The van der Waals surface area contributed by atoms with E-state index in [0.29, 0.717) is 5.69 Å². The van der Waals surface area contributed by atoms with Gasteiger partial charge in [0.05, 0.1) is 0 Å². The second-order valence-corrected chi connectivity index (χ2v) is 5.80. The number of carbonyl (C=O) groups excluding carboxylic acids is 1. The number of para-hydroxylation sites is 1. The zero-order chi connectivity index (χ0) is 15.5. The highest BCUT2D eigenvalue weighted by molar-refractivity contribution is 5.96. The molecule has 0 aliphatic heterocycles. The van der Waals surface area contributed by atoms with Gasteiger partial charge in [-0.3, -0.25) is 9.69 Å². The minimum Gasteiger partial charge on any atom is -0.465 e. The summed E-state index contributed by atoms with van der Waals surface area (Å²) in [5.41, 5.74) is 0.989. The van der Waals surface area contributed by atoms with Gasteiger partial charge in [0.15, 0.2) is 0 Å². The third kappa shape index (κ3) is 3.73. The Morgan fingerprint density at radius 1 is 1.25 bits per heavy atom. The van der Waals surface area contributed by atoms with Crippen LogP contribution in [0.4, 0.5) is 10.5 Å². The third-order valence-electron chi connectivity index (χ3n) is 3.10. The van der Waals surface area contributed by atoms with Gasteiger partial charge < -0.3 is 10.4 Å². The van der Waals surface area contributed by atoms with Crippen LogP contribution in [0.15, 0.2) is 24.3 Å². The Morgan fingerprint density at radius 2 is 1.80 bits per heavy atom. The quantitative estimate of drug-likeness (QED) is 0.892. The first-order valence-corrected chi connectivity index (χ1v) is 6.53. The fourth-order valence-electron chi connectivity index (χ4n) is 2.10. The number of hydrogen-bond donors (Lipinski definition) is 2. The van der Waals surface area contributed by atoms with Gasteiger partial charge in [0.1, 0.15) is 6.04 Å². The lowest BCUT2D eigenvalue weighted by Gasteiger charge is -2.37. The predicted octanol–water partition coefficient (Wildman–Crippen LogP) is 3.10. The standard InChI is InChI=1S/C15H22N2O3/c1-10-8-6-7-9-12(10)16-13(18)11(2)17(14(19)20)15(3,4)5/h6-9,11H,1-5H3,(H,16,18)(H,19,20).